The van der Waals surface area contributed by atoms with Crippen LogP contribution in [0.5, 0.6) is 0 Å². The maximum absolute atomic E-state index is 5.79. The standard InChI is InChI=1S/C16H19NO/c1-17-11-15-9-10-16(18-15)14-7-5-13(6-8-14)12-3-2-4-12/h5-10,12,17H,2-4,11H2,1H3. The summed E-state index contributed by atoms with van der Waals surface area (Å²) in [6.07, 6.45) is 4.09. The maximum atomic E-state index is 5.79. The van der Waals surface area contributed by atoms with Crippen LogP contribution in [0, 0.1) is 0 Å². The van der Waals surface area contributed by atoms with Crippen LogP contribution in [0.15, 0.2) is 40.8 Å². The van der Waals surface area contributed by atoms with Crippen LogP contribution < -0.4 is 5.32 Å². The Bertz CT molecular complexity index is 508. The summed E-state index contributed by atoms with van der Waals surface area (Å²) in [5.74, 6) is 2.74. The van der Waals surface area contributed by atoms with E-state index >= 15 is 0 Å². The minimum absolute atomic E-state index is 0.778. The fraction of sp³-hybridized carbons (Fsp3) is 0.375. The zero-order chi connectivity index (χ0) is 12.4. The minimum Gasteiger partial charge on any atom is -0.460 e. The molecule has 1 saturated carbocycles. The van der Waals surface area contributed by atoms with Crippen LogP contribution in [-0.2, 0) is 6.54 Å². The number of furan rings is 1. The molecule has 0 aliphatic heterocycles. The Kier molecular flexibility index (Phi) is 3.20. The molecule has 1 aromatic heterocycles. The summed E-state index contributed by atoms with van der Waals surface area (Å²) in [6, 6.07) is 12.9. The quantitative estimate of drug-likeness (QED) is 0.877. The second-order valence-corrected chi connectivity index (χ2v) is 5.05. The van der Waals surface area contributed by atoms with Crippen molar-refractivity contribution in [3.05, 3.63) is 47.7 Å². The van der Waals surface area contributed by atoms with Crippen molar-refractivity contribution in [2.45, 2.75) is 31.7 Å². The van der Waals surface area contributed by atoms with E-state index in [1.54, 1.807) is 0 Å². The summed E-state index contributed by atoms with van der Waals surface area (Å²) < 4.78 is 5.79. The van der Waals surface area contributed by atoms with Gasteiger partial charge in [0.25, 0.3) is 0 Å². The highest BCUT2D eigenvalue weighted by atomic mass is 16.3. The van der Waals surface area contributed by atoms with Gasteiger partial charge in [-0.3, -0.25) is 0 Å². The molecule has 1 aliphatic rings. The van der Waals surface area contributed by atoms with Gasteiger partial charge in [-0.2, -0.15) is 0 Å². The van der Waals surface area contributed by atoms with Crippen LogP contribution in [-0.4, -0.2) is 7.05 Å². The summed E-state index contributed by atoms with van der Waals surface area (Å²) in [5.41, 5.74) is 2.65. The first-order chi connectivity index (χ1) is 8.86. The lowest BCUT2D eigenvalue weighted by atomic mass is 9.80. The Morgan fingerprint density at radius 3 is 2.50 bits per heavy atom. The predicted octanol–water partition coefficient (Wildman–Crippen LogP) is 3.93. The Morgan fingerprint density at radius 2 is 1.89 bits per heavy atom. The molecule has 18 heavy (non-hydrogen) atoms. The molecule has 1 aliphatic carbocycles. The normalized spacial score (nSPS) is 15.6. The Labute approximate surface area is 108 Å². The molecular formula is C16H19NO. The van der Waals surface area contributed by atoms with Gasteiger partial charge in [-0.05, 0) is 43.5 Å². The molecular weight excluding hydrogens is 222 g/mol. The summed E-state index contributed by atoms with van der Waals surface area (Å²) in [5, 5.41) is 3.09. The smallest absolute Gasteiger partial charge is 0.134 e. The van der Waals surface area contributed by atoms with Crippen molar-refractivity contribution in [1.29, 1.82) is 0 Å². The zero-order valence-corrected chi connectivity index (χ0v) is 10.8. The van der Waals surface area contributed by atoms with Crippen LogP contribution in [0.4, 0.5) is 0 Å². The third-order valence-electron chi connectivity index (χ3n) is 3.78. The molecule has 1 fully saturated rings. The lowest BCUT2D eigenvalue weighted by Crippen LogP contribution is -2.08. The minimum atomic E-state index is 0.778. The first kappa shape index (κ1) is 11.5. The van der Waals surface area contributed by atoms with Crippen molar-refractivity contribution in [2.24, 2.45) is 0 Å². The van der Waals surface area contributed by atoms with Crippen LogP contribution in [0.3, 0.4) is 0 Å². The molecule has 0 atom stereocenters. The average molecular weight is 241 g/mol. The molecule has 2 nitrogen and oxygen atoms in total. The van der Waals surface area contributed by atoms with E-state index in [1.165, 1.54) is 30.4 Å². The third kappa shape index (κ3) is 2.21. The van der Waals surface area contributed by atoms with Gasteiger partial charge in [-0.1, -0.05) is 30.7 Å². The van der Waals surface area contributed by atoms with Gasteiger partial charge < -0.3 is 9.73 Å². The molecule has 1 heterocycles. The summed E-state index contributed by atoms with van der Waals surface area (Å²) >= 11 is 0. The van der Waals surface area contributed by atoms with Gasteiger partial charge in [0.15, 0.2) is 0 Å². The summed E-state index contributed by atoms with van der Waals surface area (Å²) in [7, 11) is 1.93. The molecule has 0 radical (unpaired) electrons. The highest BCUT2D eigenvalue weighted by molar-refractivity contribution is 5.58. The topological polar surface area (TPSA) is 25.2 Å². The van der Waals surface area contributed by atoms with Gasteiger partial charge in [0.1, 0.15) is 11.5 Å². The molecule has 3 rings (SSSR count). The predicted molar refractivity (Wildman–Crippen MR) is 73.5 cm³/mol. The second-order valence-electron chi connectivity index (χ2n) is 5.05. The van der Waals surface area contributed by atoms with Crippen molar-refractivity contribution in [2.75, 3.05) is 7.05 Å². The van der Waals surface area contributed by atoms with Crippen LogP contribution in [0.25, 0.3) is 11.3 Å². The maximum Gasteiger partial charge on any atom is 0.134 e. The molecule has 94 valence electrons. The number of rotatable bonds is 4. The van der Waals surface area contributed by atoms with E-state index in [9.17, 15) is 0 Å². The molecule has 0 unspecified atom stereocenters. The molecule has 2 heteroatoms. The SMILES string of the molecule is CNCc1ccc(-c2ccc(C3CCC3)cc2)o1. The summed E-state index contributed by atoms with van der Waals surface area (Å²) in [6.45, 7) is 0.778. The summed E-state index contributed by atoms with van der Waals surface area (Å²) in [4.78, 5) is 0. The van der Waals surface area contributed by atoms with Gasteiger partial charge in [0.2, 0.25) is 0 Å². The van der Waals surface area contributed by atoms with Crippen molar-refractivity contribution in [3.63, 3.8) is 0 Å². The number of hydrogen-bond acceptors (Lipinski definition) is 2. The zero-order valence-electron chi connectivity index (χ0n) is 10.8. The lowest BCUT2D eigenvalue weighted by Gasteiger charge is -2.25. The molecule has 0 spiro atoms. The van der Waals surface area contributed by atoms with E-state index < -0.39 is 0 Å². The second kappa shape index (κ2) is 4.99. The Balaban J connectivity index is 1.78. The van der Waals surface area contributed by atoms with Crippen LogP contribution in [0.1, 0.15) is 36.5 Å². The Morgan fingerprint density at radius 1 is 1.11 bits per heavy atom. The first-order valence-corrected chi connectivity index (χ1v) is 6.70. The largest absolute Gasteiger partial charge is 0.460 e. The number of hydrogen-bond donors (Lipinski definition) is 1. The monoisotopic (exact) mass is 241 g/mol. The van der Waals surface area contributed by atoms with Gasteiger partial charge in [0, 0.05) is 5.56 Å². The van der Waals surface area contributed by atoms with Crippen LogP contribution >= 0.6 is 0 Å². The van der Waals surface area contributed by atoms with Gasteiger partial charge in [0.05, 0.1) is 6.54 Å². The van der Waals surface area contributed by atoms with E-state index in [0.29, 0.717) is 0 Å². The molecule has 1 N–H and O–H groups in total. The van der Waals surface area contributed by atoms with Crippen molar-refractivity contribution in [1.82, 2.24) is 5.32 Å². The van der Waals surface area contributed by atoms with Crippen molar-refractivity contribution >= 4 is 0 Å². The van der Waals surface area contributed by atoms with E-state index in [0.717, 1.165) is 24.0 Å². The van der Waals surface area contributed by atoms with Crippen molar-refractivity contribution in [3.8, 4) is 11.3 Å². The molecule has 2 aromatic rings. The average Bonchev–Trinajstić information content (AvgIpc) is 2.77. The van der Waals surface area contributed by atoms with E-state index in [2.05, 4.69) is 29.6 Å². The highest BCUT2D eigenvalue weighted by Crippen LogP contribution is 2.37. The molecule has 1 aromatic carbocycles. The molecule has 0 bridgehead atoms. The third-order valence-corrected chi connectivity index (χ3v) is 3.78. The van der Waals surface area contributed by atoms with Crippen LogP contribution in [0.2, 0.25) is 0 Å². The van der Waals surface area contributed by atoms with E-state index in [4.69, 9.17) is 4.42 Å². The fourth-order valence-electron chi connectivity index (χ4n) is 2.46. The highest BCUT2D eigenvalue weighted by Gasteiger charge is 2.19. The van der Waals surface area contributed by atoms with Gasteiger partial charge >= 0.3 is 0 Å². The van der Waals surface area contributed by atoms with E-state index in [-0.39, 0.29) is 0 Å². The van der Waals surface area contributed by atoms with Gasteiger partial charge in [-0.25, -0.2) is 0 Å². The van der Waals surface area contributed by atoms with Gasteiger partial charge in [-0.15, -0.1) is 0 Å². The molecule has 0 saturated heterocycles. The first-order valence-electron chi connectivity index (χ1n) is 6.70. The van der Waals surface area contributed by atoms with E-state index in [1.807, 2.05) is 19.2 Å². The number of nitrogens with one attached hydrogen (secondary N) is 1. The number of benzene rings is 1. The Hall–Kier alpha value is -1.54. The lowest BCUT2D eigenvalue weighted by molar-refractivity contribution is 0.420. The van der Waals surface area contributed by atoms with Crippen molar-refractivity contribution < 1.29 is 4.42 Å². The fourth-order valence-corrected chi connectivity index (χ4v) is 2.46. The molecule has 0 amide bonds.